The van der Waals surface area contributed by atoms with E-state index in [0.29, 0.717) is 34.9 Å². The molecule has 0 saturated carbocycles. The Morgan fingerprint density at radius 1 is 1.06 bits per heavy atom. The van der Waals surface area contributed by atoms with Crippen LogP contribution in [0.15, 0.2) is 42.5 Å². The maximum Gasteiger partial charge on any atom is 0.257 e. The third-order valence-corrected chi connectivity index (χ3v) is 4.41. The predicted octanol–water partition coefficient (Wildman–Crippen LogP) is 4.74. The minimum absolute atomic E-state index is 0.0597. The molecule has 0 aliphatic carbocycles. The molecule has 0 heterocycles. The SMILES string of the molecule is CCCCC(=O)Nc1ccc(NC(=S)NC(=O)c2ccc(OC(C)C)cc2)cc1OC. The van der Waals surface area contributed by atoms with Gasteiger partial charge >= 0.3 is 0 Å². The molecule has 8 heteroatoms. The van der Waals surface area contributed by atoms with Crippen molar-refractivity contribution in [2.24, 2.45) is 0 Å². The van der Waals surface area contributed by atoms with Gasteiger partial charge in [-0.15, -0.1) is 0 Å². The van der Waals surface area contributed by atoms with Crippen molar-refractivity contribution in [3.63, 3.8) is 0 Å². The highest BCUT2D eigenvalue weighted by Gasteiger charge is 2.11. The summed E-state index contributed by atoms with van der Waals surface area (Å²) in [5.74, 6) is 0.791. The van der Waals surface area contributed by atoms with Crippen molar-refractivity contribution in [1.82, 2.24) is 5.32 Å². The molecule has 2 aromatic carbocycles. The number of carbonyl (C=O) groups is 2. The first-order chi connectivity index (χ1) is 14.8. The zero-order valence-corrected chi connectivity index (χ0v) is 19.1. The van der Waals surface area contributed by atoms with Crippen LogP contribution in [0.25, 0.3) is 0 Å². The molecule has 0 spiro atoms. The first-order valence-corrected chi connectivity index (χ1v) is 10.6. The van der Waals surface area contributed by atoms with Gasteiger partial charge in [0, 0.05) is 23.7 Å². The number of hydrogen-bond acceptors (Lipinski definition) is 5. The van der Waals surface area contributed by atoms with E-state index in [4.69, 9.17) is 21.7 Å². The molecule has 166 valence electrons. The van der Waals surface area contributed by atoms with Gasteiger partial charge in [0.25, 0.3) is 5.91 Å². The lowest BCUT2D eigenvalue weighted by molar-refractivity contribution is -0.116. The lowest BCUT2D eigenvalue weighted by Gasteiger charge is -2.14. The highest BCUT2D eigenvalue weighted by Crippen LogP contribution is 2.28. The van der Waals surface area contributed by atoms with E-state index in [9.17, 15) is 9.59 Å². The van der Waals surface area contributed by atoms with Crippen molar-refractivity contribution in [2.75, 3.05) is 17.7 Å². The molecule has 3 N–H and O–H groups in total. The van der Waals surface area contributed by atoms with E-state index in [2.05, 4.69) is 16.0 Å². The molecule has 2 aromatic rings. The fourth-order valence-corrected chi connectivity index (χ4v) is 2.93. The number of benzene rings is 2. The number of carbonyl (C=O) groups excluding carboxylic acids is 2. The highest BCUT2D eigenvalue weighted by atomic mass is 32.1. The van der Waals surface area contributed by atoms with Crippen molar-refractivity contribution in [1.29, 1.82) is 0 Å². The van der Waals surface area contributed by atoms with Gasteiger partial charge in [0.1, 0.15) is 11.5 Å². The number of unbranched alkanes of at least 4 members (excludes halogenated alkanes) is 1. The quantitative estimate of drug-likeness (QED) is 0.485. The summed E-state index contributed by atoms with van der Waals surface area (Å²) in [5, 5.41) is 8.58. The summed E-state index contributed by atoms with van der Waals surface area (Å²) >= 11 is 5.25. The third kappa shape index (κ3) is 7.90. The van der Waals surface area contributed by atoms with Crippen molar-refractivity contribution < 1.29 is 19.1 Å². The molecule has 0 radical (unpaired) electrons. The van der Waals surface area contributed by atoms with Crippen molar-refractivity contribution in [3.8, 4) is 11.5 Å². The Morgan fingerprint density at radius 3 is 2.39 bits per heavy atom. The number of hydrogen-bond donors (Lipinski definition) is 3. The second kappa shape index (κ2) is 11.9. The number of ether oxygens (including phenoxy) is 2. The second-order valence-corrected chi connectivity index (χ2v) is 7.57. The molecule has 0 saturated heterocycles. The largest absolute Gasteiger partial charge is 0.494 e. The third-order valence-electron chi connectivity index (χ3n) is 4.21. The molecule has 0 aliphatic heterocycles. The van der Waals surface area contributed by atoms with Crippen LogP contribution in [-0.2, 0) is 4.79 Å². The summed E-state index contributed by atoms with van der Waals surface area (Å²) < 4.78 is 10.9. The van der Waals surface area contributed by atoms with E-state index >= 15 is 0 Å². The van der Waals surface area contributed by atoms with Gasteiger partial charge in [0.05, 0.1) is 18.9 Å². The van der Waals surface area contributed by atoms with Crippen LogP contribution in [-0.4, -0.2) is 30.1 Å². The Hall–Kier alpha value is -3.13. The van der Waals surface area contributed by atoms with Crippen LogP contribution in [0, 0.1) is 0 Å². The molecular weight excluding hydrogens is 414 g/mol. The lowest BCUT2D eigenvalue weighted by Crippen LogP contribution is -2.34. The van der Waals surface area contributed by atoms with Crippen molar-refractivity contribution in [2.45, 2.75) is 46.1 Å². The van der Waals surface area contributed by atoms with Crippen LogP contribution in [0.1, 0.15) is 50.4 Å². The van der Waals surface area contributed by atoms with Crippen molar-refractivity contribution >= 4 is 40.5 Å². The molecule has 0 fully saturated rings. The van der Waals surface area contributed by atoms with E-state index < -0.39 is 0 Å². The molecule has 2 amide bonds. The van der Waals surface area contributed by atoms with E-state index in [1.54, 1.807) is 42.5 Å². The Labute approximate surface area is 188 Å². The fraction of sp³-hybridized carbons (Fsp3) is 0.348. The van der Waals surface area contributed by atoms with Crippen LogP contribution in [0.2, 0.25) is 0 Å². The minimum atomic E-state index is -0.333. The van der Waals surface area contributed by atoms with Gasteiger partial charge in [-0.25, -0.2) is 0 Å². The Morgan fingerprint density at radius 2 is 1.77 bits per heavy atom. The van der Waals surface area contributed by atoms with Crippen LogP contribution < -0.4 is 25.4 Å². The maximum atomic E-state index is 12.4. The lowest BCUT2D eigenvalue weighted by atomic mass is 10.2. The fourth-order valence-electron chi connectivity index (χ4n) is 2.72. The van der Waals surface area contributed by atoms with Gasteiger partial charge in [-0.05, 0) is 68.9 Å². The van der Waals surface area contributed by atoms with Crippen LogP contribution in [0.5, 0.6) is 11.5 Å². The first kappa shape index (κ1) is 24.1. The molecule has 0 bridgehead atoms. The Kier molecular flexibility index (Phi) is 9.27. The first-order valence-electron chi connectivity index (χ1n) is 10.2. The van der Waals surface area contributed by atoms with Crippen LogP contribution in [0.4, 0.5) is 11.4 Å². The summed E-state index contributed by atoms with van der Waals surface area (Å²) in [6, 6.07) is 12.0. The summed E-state index contributed by atoms with van der Waals surface area (Å²) in [5.41, 5.74) is 1.66. The summed E-state index contributed by atoms with van der Waals surface area (Å²) in [6.45, 7) is 5.91. The number of thiocarbonyl (C=S) groups is 1. The smallest absolute Gasteiger partial charge is 0.257 e. The number of anilines is 2. The Balaban J connectivity index is 1.96. The average Bonchev–Trinajstić information content (AvgIpc) is 2.73. The van der Waals surface area contributed by atoms with Crippen LogP contribution in [0.3, 0.4) is 0 Å². The highest BCUT2D eigenvalue weighted by molar-refractivity contribution is 7.80. The number of nitrogens with one attached hydrogen (secondary N) is 3. The molecule has 31 heavy (non-hydrogen) atoms. The van der Waals surface area contributed by atoms with Gasteiger partial charge in [-0.3, -0.25) is 14.9 Å². The van der Waals surface area contributed by atoms with E-state index in [-0.39, 0.29) is 23.0 Å². The van der Waals surface area contributed by atoms with Gasteiger partial charge in [0.2, 0.25) is 5.91 Å². The second-order valence-electron chi connectivity index (χ2n) is 7.17. The zero-order valence-electron chi connectivity index (χ0n) is 18.3. The van der Waals surface area contributed by atoms with Crippen molar-refractivity contribution in [3.05, 3.63) is 48.0 Å². The predicted molar refractivity (Wildman–Crippen MR) is 127 cm³/mol. The molecule has 7 nitrogen and oxygen atoms in total. The summed E-state index contributed by atoms with van der Waals surface area (Å²) in [7, 11) is 1.52. The molecule has 2 rings (SSSR count). The van der Waals surface area contributed by atoms with Crippen LogP contribution >= 0.6 is 12.2 Å². The molecule has 0 aliphatic rings. The molecule has 0 aromatic heterocycles. The van der Waals surface area contributed by atoms with E-state index in [1.807, 2.05) is 20.8 Å². The normalized spacial score (nSPS) is 10.4. The standard InChI is InChI=1S/C23H29N3O4S/c1-5-6-7-21(27)25-19-13-10-17(14-20(19)29-4)24-23(31)26-22(28)16-8-11-18(12-9-16)30-15(2)3/h8-15H,5-7H2,1-4H3,(H,25,27)(H2,24,26,28,31). The average molecular weight is 444 g/mol. The van der Waals surface area contributed by atoms with E-state index in [0.717, 1.165) is 12.8 Å². The number of rotatable bonds is 9. The molecular formula is C23H29N3O4S. The Bertz CT molecular complexity index is 914. The van der Waals surface area contributed by atoms with Gasteiger partial charge in [-0.1, -0.05) is 13.3 Å². The van der Waals surface area contributed by atoms with E-state index in [1.165, 1.54) is 7.11 Å². The van der Waals surface area contributed by atoms with Gasteiger partial charge in [-0.2, -0.15) is 0 Å². The molecule has 0 unspecified atom stereocenters. The summed E-state index contributed by atoms with van der Waals surface area (Å²) in [4.78, 5) is 24.4. The molecule has 0 atom stereocenters. The number of amides is 2. The summed E-state index contributed by atoms with van der Waals surface area (Å²) in [6.07, 6.45) is 2.30. The topological polar surface area (TPSA) is 88.7 Å². The number of methoxy groups -OCH3 is 1. The van der Waals surface area contributed by atoms with Gasteiger partial charge < -0.3 is 20.1 Å². The maximum absolute atomic E-state index is 12.4. The monoisotopic (exact) mass is 443 g/mol. The van der Waals surface area contributed by atoms with Gasteiger partial charge in [0.15, 0.2) is 5.11 Å². The minimum Gasteiger partial charge on any atom is -0.494 e. The zero-order chi connectivity index (χ0) is 22.8.